The first-order valence-corrected chi connectivity index (χ1v) is 9.72. The Labute approximate surface area is 180 Å². The molecular weight excluding hydrogens is 393 g/mol. The van der Waals surface area contributed by atoms with Gasteiger partial charge in [-0.05, 0) is 57.2 Å². The van der Waals surface area contributed by atoms with E-state index in [1.807, 2.05) is 19.9 Å². The van der Waals surface area contributed by atoms with Gasteiger partial charge in [0.2, 0.25) is 0 Å². The van der Waals surface area contributed by atoms with Gasteiger partial charge in [-0.15, -0.1) is 0 Å². The number of halogens is 1. The molecule has 3 N–H and O–H groups in total. The number of aromatic nitrogens is 3. The van der Waals surface area contributed by atoms with Gasteiger partial charge in [-0.2, -0.15) is 5.26 Å². The predicted molar refractivity (Wildman–Crippen MR) is 123 cm³/mol. The molecule has 3 aromatic rings. The summed E-state index contributed by atoms with van der Waals surface area (Å²) in [5, 5.41) is 16.1. The number of nitrogens with one attached hydrogen (secondary N) is 3. The van der Waals surface area contributed by atoms with E-state index in [2.05, 4.69) is 43.9 Å². The molecule has 0 spiro atoms. The van der Waals surface area contributed by atoms with Gasteiger partial charge in [-0.3, -0.25) is 0 Å². The maximum Gasteiger partial charge on any atom is 0.147 e. The molecule has 0 bridgehead atoms. The summed E-state index contributed by atoms with van der Waals surface area (Å²) in [7, 11) is 0. The highest BCUT2D eigenvalue weighted by Crippen LogP contribution is 2.28. The number of rotatable bonds is 8. The summed E-state index contributed by atoms with van der Waals surface area (Å²) in [5.74, 6) is 1.83. The number of aryl methyl sites for hydroxylation is 3. The summed E-state index contributed by atoms with van der Waals surface area (Å²) in [5.41, 5.74) is 3.87. The summed E-state index contributed by atoms with van der Waals surface area (Å²) in [6.45, 7) is 13.4. The molecule has 0 aliphatic heterocycles. The number of aliphatic imine (C=N–C) groups is 1. The monoisotopic (exact) mass is 417 g/mol. The summed E-state index contributed by atoms with van der Waals surface area (Å²) in [4.78, 5) is 15.8. The lowest BCUT2D eigenvalue weighted by molar-refractivity contribution is 0.637. The zero-order valence-corrected chi connectivity index (χ0v) is 17.8. The van der Waals surface area contributed by atoms with Gasteiger partial charge in [0, 0.05) is 29.3 Å². The van der Waals surface area contributed by atoms with Crippen LogP contribution in [-0.4, -0.2) is 28.2 Å². The van der Waals surface area contributed by atoms with E-state index in [1.54, 1.807) is 19.1 Å². The van der Waals surface area contributed by atoms with Crippen molar-refractivity contribution < 1.29 is 4.39 Å². The Morgan fingerprint density at radius 1 is 1.29 bits per heavy atom. The van der Waals surface area contributed by atoms with Crippen molar-refractivity contribution in [2.45, 2.75) is 27.2 Å². The van der Waals surface area contributed by atoms with Gasteiger partial charge in [0.05, 0.1) is 11.6 Å². The highest BCUT2D eigenvalue weighted by Gasteiger charge is 2.14. The molecule has 1 aromatic carbocycles. The molecule has 158 valence electrons. The van der Waals surface area contributed by atoms with Crippen LogP contribution in [-0.2, 0) is 6.42 Å². The lowest BCUT2D eigenvalue weighted by Gasteiger charge is -2.11. The molecule has 0 saturated heterocycles. The Hall–Kier alpha value is -3.99. The minimum Gasteiger partial charge on any atom is -0.370 e. The second-order valence-electron chi connectivity index (χ2n) is 7.15. The molecule has 0 aliphatic carbocycles. The fourth-order valence-corrected chi connectivity index (χ4v) is 3.44. The van der Waals surface area contributed by atoms with Gasteiger partial charge in [0.15, 0.2) is 0 Å². The van der Waals surface area contributed by atoms with Crippen molar-refractivity contribution in [2.75, 3.05) is 17.2 Å². The normalized spacial score (nSPS) is 11.3. The highest BCUT2D eigenvalue weighted by molar-refractivity contribution is 5.88. The fraction of sp³-hybridized carbons (Fsp3) is 0.217. The number of nitrogens with zero attached hydrogens (tertiary/aromatic N) is 4. The molecule has 3 rings (SSSR count). The van der Waals surface area contributed by atoms with E-state index in [0.717, 1.165) is 22.2 Å². The number of H-pyrrole nitrogens is 1. The third-order valence-electron chi connectivity index (χ3n) is 4.83. The topological polar surface area (TPSA) is 102 Å². The maximum atomic E-state index is 14.2. The molecule has 0 amide bonds. The van der Waals surface area contributed by atoms with Crippen molar-refractivity contribution in [1.29, 1.82) is 5.26 Å². The molecule has 0 unspecified atom stereocenters. The van der Waals surface area contributed by atoms with Crippen LogP contribution in [0.15, 0.2) is 47.2 Å². The van der Waals surface area contributed by atoms with Crippen LogP contribution in [0.3, 0.4) is 0 Å². The van der Waals surface area contributed by atoms with E-state index in [-0.39, 0.29) is 11.4 Å². The average molecular weight is 417 g/mol. The van der Waals surface area contributed by atoms with Crippen molar-refractivity contribution >= 4 is 29.3 Å². The lowest BCUT2D eigenvalue weighted by atomic mass is 10.0. The Morgan fingerprint density at radius 2 is 2.03 bits per heavy atom. The molecular formula is C23H24FN7. The zero-order chi connectivity index (χ0) is 22.5. The van der Waals surface area contributed by atoms with E-state index < -0.39 is 0 Å². The number of hydrogen-bond acceptors (Lipinski definition) is 6. The van der Waals surface area contributed by atoms with Crippen LogP contribution in [0.4, 0.5) is 16.0 Å². The second-order valence-corrected chi connectivity index (χ2v) is 7.15. The van der Waals surface area contributed by atoms with Gasteiger partial charge < -0.3 is 15.6 Å². The standard InChI is InChI=1S/C23H24FN7/c1-13(12-25)10-19(26-5)31-21-11-20(29-16(4)30-21)27-9-8-17-15(3)28-23-18(24)7-6-14(2)22(17)23/h6-7,10-11,28H,1,5,8-9H2,2-4H3,(H2,27,29,30,31)/b19-10+. The molecule has 31 heavy (non-hydrogen) atoms. The number of allylic oxidation sites excluding steroid dienone is 2. The minimum atomic E-state index is -0.246. The van der Waals surface area contributed by atoms with Crippen LogP contribution in [0.1, 0.15) is 22.6 Å². The van der Waals surface area contributed by atoms with Gasteiger partial charge in [-0.1, -0.05) is 12.6 Å². The van der Waals surface area contributed by atoms with Crippen LogP contribution in [0, 0.1) is 37.9 Å². The predicted octanol–water partition coefficient (Wildman–Crippen LogP) is 4.71. The summed E-state index contributed by atoms with van der Waals surface area (Å²) in [6, 6.07) is 6.96. The Balaban J connectivity index is 1.76. The summed E-state index contributed by atoms with van der Waals surface area (Å²) in [6.07, 6.45) is 2.18. The quantitative estimate of drug-likeness (QED) is 0.280. The summed E-state index contributed by atoms with van der Waals surface area (Å²) >= 11 is 0. The van der Waals surface area contributed by atoms with E-state index in [4.69, 9.17) is 5.26 Å². The number of anilines is 2. The van der Waals surface area contributed by atoms with Crippen LogP contribution in [0.25, 0.3) is 10.9 Å². The maximum absolute atomic E-state index is 14.2. The zero-order valence-electron chi connectivity index (χ0n) is 17.8. The van der Waals surface area contributed by atoms with E-state index in [1.165, 1.54) is 12.1 Å². The minimum absolute atomic E-state index is 0.246. The molecule has 0 fully saturated rings. The number of aromatic amines is 1. The second kappa shape index (κ2) is 9.22. The third-order valence-corrected chi connectivity index (χ3v) is 4.83. The molecule has 2 heterocycles. The highest BCUT2D eigenvalue weighted by atomic mass is 19.1. The molecule has 8 heteroatoms. The fourth-order valence-electron chi connectivity index (χ4n) is 3.44. The van der Waals surface area contributed by atoms with Crippen LogP contribution < -0.4 is 10.6 Å². The molecule has 0 radical (unpaired) electrons. The van der Waals surface area contributed by atoms with Crippen molar-refractivity contribution in [1.82, 2.24) is 15.0 Å². The Bertz CT molecular complexity index is 1230. The van der Waals surface area contributed by atoms with Crippen molar-refractivity contribution in [3.63, 3.8) is 0 Å². The number of benzene rings is 1. The van der Waals surface area contributed by atoms with E-state index in [9.17, 15) is 4.39 Å². The molecule has 0 aliphatic rings. The van der Waals surface area contributed by atoms with Crippen molar-refractivity contribution in [2.24, 2.45) is 4.99 Å². The first-order chi connectivity index (χ1) is 14.8. The molecule has 7 nitrogen and oxygen atoms in total. The summed E-state index contributed by atoms with van der Waals surface area (Å²) < 4.78 is 14.2. The Morgan fingerprint density at radius 3 is 2.74 bits per heavy atom. The average Bonchev–Trinajstić information content (AvgIpc) is 3.07. The van der Waals surface area contributed by atoms with E-state index in [0.29, 0.717) is 41.8 Å². The van der Waals surface area contributed by atoms with Crippen LogP contribution in [0.2, 0.25) is 0 Å². The number of fused-ring (bicyclic) bond motifs is 1. The van der Waals surface area contributed by atoms with Gasteiger partial charge in [0.1, 0.15) is 29.1 Å². The van der Waals surface area contributed by atoms with Crippen molar-refractivity contribution in [3.05, 3.63) is 70.7 Å². The largest absolute Gasteiger partial charge is 0.370 e. The van der Waals surface area contributed by atoms with Crippen molar-refractivity contribution in [3.8, 4) is 6.07 Å². The lowest BCUT2D eigenvalue weighted by Crippen LogP contribution is -2.09. The van der Waals surface area contributed by atoms with Gasteiger partial charge in [-0.25, -0.2) is 19.4 Å². The van der Waals surface area contributed by atoms with E-state index >= 15 is 0 Å². The van der Waals surface area contributed by atoms with Gasteiger partial charge >= 0.3 is 0 Å². The Kier molecular flexibility index (Phi) is 6.46. The number of nitriles is 1. The smallest absolute Gasteiger partial charge is 0.147 e. The van der Waals surface area contributed by atoms with Crippen LogP contribution in [0.5, 0.6) is 0 Å². The molecule has 2 aromatic heterocycles. The third kappa shape index (κ3) is 4.95. The first kappa shape index (κ1) is 21.7. The SMILES string of the molecule is C=N/C(=C\C(=C)C#N)Nc1cc(NCCc2c(C)[nH]c3c(F)ccc(C)c23)nc(C)n1. The van der Waals surface area contributed by atoms with Crippen LogP contribution >= 0.6 is 0 Å². The first-order valence-electron chi connectivity index (χ1n) is 9.72. The molecule has 0 saturated carbocycles. The number of hydrogen-bond donors (Lipinski definition) is 3. The molecule has 0 atom stereocenters. The van der Waals surface area contributed by atoms with Gasteiger partial charge in [0.25, 0.3) is 0 Å².